The van der Waals surface area contributed by atoms with Crippen LogP contribution in [0.5, 0.6) is 0 Å². The first-order valence-electron chi connectivity index (χ1n) is 6.61. The van der Waals surface area contributed by atoms with Gasteiger partial charge in [0.05, 0.1) is 5.60 Å². The van der Waals surface area contributed by atoms with Gasteiger partial charge < -0.3 is 15.0 Å². The third-order valence-corrected chi connectivity index (χ3v) is 4.34. The summed E-state index contributed by atoms with van der Waals surface area (Å²) in [5, 5.41) is 3.72. The molecule has 3 heterocycles. The van der Waals surface area contributed by atoms with Crippen LogP contribution < -0.4 is 5.32 Å². The fourth-order valence-electron chi connectivity index (χ4n) is 2.86. The van der Waals surface area contributed by atoms with Gasteiger partial charge in [0.15, 0.2) is 0 Å². The third-order valence-electron chi connectivity index (χ3n) is 4.34. The largest absolute Gasteiger partial charge is 0.379 e. The van der Waals surface area contributed by atoms with Gasteiger partial charge in [-0.2, -0.15) is 0 Å². The van der Waals surface area contributed by atoms with E-state index in [1.807, 2.05) is 0 Å². The minimum Gasteiger partial charge on any atom is -0.379 e. The Balaban J connectivity index is 1.70. The van der Waals surface area contributed by atoms with Crippen molar-refractivity contribution < 1.29 is 4.74 Å². The van der Waals surface area contributed by atoms with Crippen molar-refractivity contribution in [3.05, 3.63) is 0 Å². The Morgan fingerprint density at radius 3 is 2.50 bits per heavy atom. The van der Waals surface area contributed by atoms with E-state index in [0.717, 1.165) is 24.9 Å². The van der Waals surface area contributed by atoms with Crippen molar-refractivity contribution in [1.29, 1.82) is 0 Å². The highest BCUT2D eigenvalue weighted by Gasteiger charge is 2.33. The molecule has 0 saturated carbocycles. The molecule has 3 aliphatic rings. The van der Waals surface area contributed by atoms with E-state index in [1.165, 1.54) is 32.5 Å². The molecule has 0 aliphatic carbocycles. The Labute approximate surface area is 99.5 Å². The molecule has 3 fully saturated rings. The van der Waals surface area contributed by atoms with E-state index in [-0.39, 0.29) is 5.60 Å². The Kier molecular flexibility index (Phi) is 3.88. The first-order valence-corrected chi connectivity index (χ1v) is 6.61. The van der Waals surface area contributed by atoms with Crippen molar-refractivity contribution in [2.45, 2.75) is 44.8 Å². The van der Waals surface area contributed by atoms with Crippen LogP contribution in [-0.4, -0.2) is 49.8 Å². The van der Waals surface area contributed by atoms with Crippen molar-refractivity contribution >= 4 is 0 Å². The monoisotopic (exact) mass is 226 g/mol. The molecule has 0 aromatic carbocycles. The average Bonchev–Trinajstić information content (AvgIpc) is 2.30. The maximum atomic E-state index is 5.44. The maximum absolute atomic E-state index is 5.44. The van der Waals surface area contributed by atoms with E-state index in [9.17, 15) is 0 Å². The summed E-state index contributed by atoms with van der Waals surface area (Å²) in [4.78, 5) is 2.60. The van der Waals surface area contributed by atoms with Gasteiger partial charge in [0.25, 0.3) is 0 Å². The zero-order valence-corrected chi connectivity index (χ0v) is 11.0. The number of rotatable bonds is 5. The average molecular weight is 226 g/mol. The molecule has 2 bridgehead atoms. The minimum absolute atomic E-state index is 0.0148. The number of hydrogen-bond acceptors (Lipinski definition) is 3. The van der Waals surface area contributed by atoms with Crippen molar-refractivity contribution in [3.63, 3.8) is 0 Å². The lowest BCUT2D eigenvalue weighted by Crippen LogP contribution is -2.56. The molecule has 3 nitrogen and oxygen atoms in total. The summed E-state index contributed by atoms with van der Waals surface area (Å²) in [5.74, 6) is 0.927. The van der Waals surface area contributed by atoms with Crippen LogP contribution in [0, 0.1) is 5.92 Å². The van der Waals surface area contributed by atoms with Crippen molar-refractivity contribution in [2.24, 2.45) is 5.92 Å². The van der Waals surface area contributed by atoms with Gasteiger partial charge in [0.2, 0.25) is 0 Å². The summed E-state index contributed by atoms with van der Waals surface area (Å²) in [7, 11) is 1.80. The highest BCUT2D eigenvalue weighted by atomic mass is 16.5. The number of ether oxygens (including phenoxy) is 1. The summed E-state index contributed by atoms with van der Waals surface area (Å²) < 4.78 is 5.44. The summed E-state index contributed by atoms with van der Waals surface area (Å²) in [6, 6.07) is 0.732. The zero-order valence-electron chi connectivity index (χ0n) is 11.0. The molecular formula is C13H26N2O. The van der Waals surface area contributed by atoms with Crippen LogP contribution in [0.3, 0.4) is 0 Å². The standard InChI is InChI=1S/C13H26N2O/c1-13(2,16-3)6-7-14-12-10-15-8-4-11(12)5-9-15/h11-12,14H,4-10H2,1-3H3. The second-order valence-corrected chi connectivity index (χ2v) is 5.91. The van der Waals surface area contributed by atoms with Crippen LogP contribution >= 0.6 is 0 Å². The quantitative estimate of drug-likeness (QED) is 0.768. The number of hydrogen-bond donors (Lipinski definition) is 1. The molecule has 0 radical (unpaired) electrons. The first kappa shape index (κ1) is 12.3. The number of nitrogens with one attached hydrogen (secondary N) is 1. The van der Waals surface area contributed by atoms with E-state index in [2.05, 4.69) is 24.1 Å². The third kappa shape index (κ3) is 2.96. The molecule has 1 N–H and O–H groups in total. The molecule has 1 atom stereocenters. The van der Waals surface area contributed by atoms with Gasteiger partial charge >= 0.3 is 0 Å². The van der Waals surface area contributed by atoms with E-state index in [0.29, 0.717) is 0 Å². The van der Waals surface area contributed by atoms with E-state index < -0.39 is 0 Å². The molecule has 3 rings (SSSR count). The number of piperidine rings is 3. The van der Waals surface area contributed by atoms with Crippen LogP contribution in [0.1, 0.15) is 33.1 Å². The summed E-state index contributed by atoms with van der Waals surface area (Å²) in [5.41, 5.74) is 0.0148. The molecule has 1 unspecified atom stereocenters. The van der Waals surface area contributed by atoms with Crippen LogP contribution in [-0.2, 0) is 4.74 Å². The van der Waals surface area contributed by atoms with Gasteiger partial charge in [0.1, 0.15) is 0 Å². The van der Waals surface area contributed by atoms with Gasteiger partial charge in [-0.3, -0.25) is 0 Å². The molecular weight excluding hydrogens is 200 g/mol. The van der Waals surface area contributed by atoms with E-state index in [4.69, 9.17) is 4.74 Å². The lowest BCUT2D eigenvalue weighted by Gasteiger charge is -2.45. The predicted molar refractivity (Wildman–Crippen MR) is 66.7 cm³/mol. The second-order valence-electron chi connectivity index (χ2n) is 5.91. The molecule has 0 amide bonds. The van der Waals surface area contributed by atoms with Gasteiger partial charge in [0, 0.05) is 19.7 Å². The number of fused-ring (bicyclic) bond motifs is 3. The summed E-state index contributed by atoms with van der Waals surface area (Å²) >= 11 is 0. The zero-order chi connectivity index (χ0) is 11.6. The molecule has 3 heteroatoms. The lowest BCUT2D eigenvalue weighted by molar-refractivity contribution is 0.0117. The van der Waals surface area contributed by atoms with Gasteiger partial charge in [-0.05, 0) is 58.7 Å². The van der Waals surface area contributed by atoms with Crippen LogP contribution in [0.2, 0.25) is 0 Å². The Bertz CT molecular complexity index is 222. The van der Waals surface area contributed by atoms with E-state index >= 15 is 0 Å². The van der Waals surface area contributed by atoms with Crippen molar-refractivity contribution in [3.8, 4) is 0 Å². The van der Waals surface area contributed by atoms with E-state index in [1.54, 1.807) is 7.11 Å². The number of nitrogens with zero attached hydrogens (tertiary/aromatic N) is 1. The van der Waals surface area contributed by atoms with Crippen molar-refractivity contribution in [2.75, 3.05) is 33.3 Å². The summed E-state index contributed by atoms with van der Waals surface area (Å²) in [6.45, 7) is 9.31. The predicted octanol–water partition coefficient (Wildman–Crippen LogP) is 1.49. The molecule has 94 valence electrons. The molecule has 0 spiro atoms. The fraction of sp³-hybridized carbons (Fsp3) is 1.00. The minimum atomic E-state index is 0.0148. The van der Waals surface area contributed by atoms with Crippen LogP contribution in [0.25, 0.3) is 0 Å². The van der Waals surface area contributed by atoms with Crippen LogP contribution in [0.15, 0.2) is 0 Å². The molecule has 3 aliphatic heterocycles. The van der Waals surface area contributed by atoms with Gasteiger partial charge in [-0.15, -0.1) is 0 Å². The maximum Gasteiger partial charge on any atom is 0.0634 e. The SMILES string of the molecule is COC(C)(C)CCNC1CN2CCC1CC2. The summed E-state index contributed by atoms with van der Waals surface area (Å²) in [6.07, 6.45) is 3.88. The Morgan fingerprint density at radius 2 is 2.00 bits per heavy atom. The van der Waals surface area contributed by atoms with Crippen LogP contribution in [0.4, 0.5) is 0 Å². The topological polar surface area (TPSA) is 24.5 Å². The van der Waals surface area contributed by atoms with Gasteiger partial charge in [-0.1, -0.05) is 0 Å². The molecule has 3 saturated heterocycles. The number of methoxy groups -OCH3 is 1. The lowest BCUT2D eigenvalue weighted by atomic mass is 9.84. The molecule has 0 aromatic rings. The Hall–Kier alpha value is -0.120. The smallest absolute Gasteiger partial charge is 0.0634 e. The van der Waals surface area contributed by atoms with Gasteiger partial charge in [-0.25, -0.2) is 0 Å². The molecule has 0 aromatic heterocycles. The highest BCUT2D eigenvalue weighted by molar-refractivity contribution is 4.91. The molecule has 16 heavy (non-hydrogen) atoms. The highest BCUT2D eigenvalue weighted by Crippen LogP contribution is 2.27. The van der Waals surface area contributed by atoms with Crippen molar-refractivity contribution in [1.82, 2.24) is 10.2 Å². The second kappa shape index (κ2) is 5.03. The fourth-order valence-corrected chi connectivity index (χ4v) is 2.86. The first-order chi connectivity index (χ1) is 7.61. The normalized spacial score (nSPS) is 34.3. The Morgan fingerprint density at radius 1 is 1.31 bits per heavy atom.